The van der Waals surface area contributed by atoms with Crippen molar-refractivity contribution in [2.75, 3.05) is 24.8 Å². The van der Waals surface area contributed by atoms with E-state index in [2.05, 4.69) is 15.3 Å². The molecule has 0 unspecified atom stereocenters. The second-order valence-electron chi connectivity index (χ2n) is 7.74. The number of thioether (sulfide) groups is 1. The first-order chi connectivity index (χ1) is 15.9. The van der Waals surface area contributed by atoms with E-state index in [-0.39, 0.29) is 11.7 Å². The van der Waals surface area contributed by atoms with Gasteiger partial charge in [-0.05, 0) is 36.8 Å². The van der Waals surface area contributed by atoms with Gasteiger partial charge < -0.3 is 14.2 Å². The van der Waals surface area contributed by atoms with Crippen LogP contribution in [-0.4, -0.2) is 50.4 Å². The second kappa shape index (κ2) is 9.50. The first kappa shape index (κ1) is 22.6. The largest absolute Gasteiger partial charge is 0.497 e. The van der Waals surface area contributed by atoms with Gasteiger partial charge in [0.15, 0.2) is 11.0 Å². The Balaban J connectivity index is 1.55. The van der Waals surface area contributed by atoms with Gasteiger partial charge in [0.25, 0.3) is 0 Å². The van der Waals surface area contributed by atoms with Gasteiger partial charge >= 0.3 is 0 Å². The summed E-state index contributed by atoms with van der Waals surface area (Å²) in [5.41, 5.74) is 4.56. The van der Waals surface area contributed by atoms with Crippen LogP contribution in [0.1, 0.15) is 5.56 Å². The molecule has 0 fully saturated rings. The molecule has 0 saturated heterocycles. The number of amides is 1. The van der Waals surface area contributed by atoms with Crippen LogP contribution in [0.5, 0.6) is 5.75 Å². The molecular weight excluding hydrogens is 436 g/mol. The summed E-state index contributed by atoms with van der Waals surface area (Å²) >= 11 is 1.36. The molecule has 33 heavy (non-hydrogen) atoms. The average Bonchev–Trinajstić information content (AvgIpc) is 3.38. The summed E-state index contributed by atoms with van der Waals surface area (Å²) in [7, 11) is 7.20. The van der Waals surface area contributed by atoms with Gasteiger partial charge in [0.05, 0.1) is 18.4 Å². The number of carbonyl (C=O) groups is 1. The summed E-state index contributed by atoms with van der Waals surface area (Å²) in [5.74, 6) is 1.69. The van der Waals surface area contributed by atoms with Gasteiger partial charge in [-0.25, -0.2) is 0 Å². The topological polar surface area (TPSA) is 78.1 Å². The Morgan fingerprint density at radius 3 is 2.67 bits per heavy atom. The molecule has 9 heteroatoms. The minimum atomic E-state index is -0.00593. The van der Waals surface area contributed by atoms with Crippen molar-refractivity contribution >= 4 is 23.4 Å². The number of carbonyl (C=O) groups excluding carboxylic acids is 1. The third-order valence-electron chi connectivity index (χ3n) is 5.34. The summed E-state index contributed by atoms with van der Waals surface area (Å²) < 4.78 is 9.01. The Kier molecular flexibility index (Phi) is 6.50. The molecule has 0 spiro atoms. The molecule has 170 valence electrons. The highest BCUT2D eigenvalue weighted by atomic mass is 32.2. The molecule has 0 bridgehead atoms. The van der Waals surface area contributed by atoms with Crippen molar-refractivity contribution < 1.29 is 9.53 Å². The normalized spacial score (nSPS) is 10.9. The minimum absolute atomic E-state index is 0.00593. The Bertz CT molecular complexity index is 1300. The van der Waals surface area contributed by atoms with Crippen molar-refractivity contribution in [2.24, 2.45) is 14.1 Å². The van der Waals surface area contributed by atoms with Crippen molar-refractivity contribution in [3.05, 3.63) is 60.3 Å². The van der Waals surface area contributed by atoms with Crippen LogP contribution in [0.25, 0.3) is 22.6 Å². The summed E-state index contributed by atoms with van der Waals surface area (Å²) in [5, 5.41) is 14.0. The van der Waals surface area contributed by atoms with Crippen LogP contribution in [0, 0.1) is 6.92 Å². The van der Waals surface area contributed by atoms with E-state index in [1.807, 2.05) is 80.3 Å². The Labute approximate surface area is 197 Å². The molecule has 1 amide bonds. The van der Waals surface area contributed by atoms with E-state index in [0.29, 0.717) is 11.0 Å². The maximum Gasteiger partial charge on any atom is 0.237 e. The number of rotatable bonds is 7. The molecule has 2 heterocycles. The van der Waals surface area contributed by atoms with Gasteiger partial charge in [0.2, 0.25) is 5.91 Å². The zero-order valence-corrected chi connectivity index (χ0v) is 20.1. The molecule has 0 aliphatic heterocycles. The summed E-state index contributed by atoms with van der Waals surface area (Å²) in [4.78, 5) is 14.4. The van der Waals surface area contributed by atoms with Gasteiger partial charge in [-0.1, -0.05) is 36.0 Å². The van der Waals surface area contributed by atoms with Crippen molar-refractivity contribution in [1.29, 1.82) is 0 Å². The number of aryl methyl sites for hydroxylation is 2. The van der Waals surface area contributed by atoms with E-state index in [1.54, 1.807) is 23.7 Å². The standard InChI is InChI=1S/C24H26N6O2S/c1-16-8-6-10-18(12-16)29(3)21(31)15-33-24-26-25-23(30(24)4)20-14-28(2)27-22(20)17-9-7-11-19(13-17)32-5/h6-14H,15H2,1-5H3. The summed E-state index contributed by atoms with van der Waals surface area (Å²) in [6.45, 7) is 2.01. The van der Waals surface area contributed by atoms with Crippen LogP contribution in [-0.2, 0) is 18.9 Å². The molecule has 0 aliphatic carbocycles. The molecule has 0 radical (unpaired) electrons. The van der Waals surface area contributed by atoms with Gasteiger partial charge in [-0.15, -0.1) is 10.2 Å². The number of anilines is 1. The number of nitrogens with zero attached hydrogens (tertiary/aromatic N) is 6. The average molecular weight is 463 g/mol. The maximum atomic E-state index is 12.7. The van der Waals surface area contributed by atoms with Crippen LogP contribution >= 0.6 is 11.8 Å². The van der Waals surface area contributed by atoms with E-state index >= 15 is 0 Å². The Morgan fingerprint density at radius 1 is 1.12 bits per heavy atom. The first-order valence-electron chi connectivity index (χ1n) is 10.4. The predicted octanol–water partition coefficient (Wildman–Crippen LogP) is 3.95. The van der Waals surface area contributed by atoms with Gasteiger partial charge in [0, 0.05) is 38.6 Å². The lowest BCUT2D eigenvalue weighted by molar-refractivity contribution is -0.115. The van der Waals surface area contributed by atoms with Gasteiger partial charge in [0.1, 0.15) is 11.4 Å². The highest BCUT2D eigenvalue weighted by Gasteiger charge is 2.20. The highest BCUT2D eigenvalue weighted by molar-refractivity contribution is 7.99. The van der Waals surface area contributed by atoms with E-state index in [1.165, 1.54) is 11.8 Å². The fourth-order valence-corrected chi connectivity index (χ4v) is 4.34. The third-order valence-corrected chi connectivity index (χ3v) is 6.34. The molecule has 0 aliphatic rings. The Morgan fingerprint density at radius 2 is 1.91 bits per heavy atom. The van der Waals surface area contributed by atoms with Crippen LogP contribution in [0.4, 0.5) is 5.69 Å². The van der Waals surface area contributed by atoms with Gasteiger partial charge in [-0.2, -0.15) is 5.10 Å². The first-order valence-corrected chi connectivity index (χ1v) is 11.4. The summed E-state index contributed by atoms with van der Waals surface area (Å²) in [6, 6.07) is 15.6. The van der Waals surface area contributed by atoms with Crippen molar-refractivity contribution in [2.45, 2.75) is 12.1 Å². The third kappa shape index (κ3) is 4.78. The second-order valence-corrected chi connectivity index (χ2v) is 8.69. The van der Waals surface area contributed by atoms with Crippen molar-refractivity contribution in [3.63, 3.8) is 0 Å². The molecule has 0 N–H and O–H groups in total. The van der Waals surface area contributed by atoms with Crippen LogP contribution in [0.2, 0.25) is 0 Å². The van der Waals surface area contributed by atoms with Crippen LogP contribution in [0.3, 0.4) is 0 Å². The number of ether oxygens (including phenoxy) is 1. The van der Waals surface area contributed by atoms with Crippen LogP contribution in [0.15, 0.2) is 59.9 Å². The molecule has 2 aromatic carbocycles. The fourth-order valence-electron chi connectivity index (χ4n) is 3.51. The highest BCUT2D eigenvalue weighted by Crippen LogP contribution is 2.32. The zero-order valence-electron chi connectivity index (χ0n) is 19.3. The molecule has 2 aromatic heterocycles. The number of benzene rings is 2. The lowest BCUT2D eigenvalue weighted by Gasteiger charge is -2.17. The number of hydrogen-bond acceptors (Lipinski definition) is 6. The predicted molar refractivity (Wildman–Crippen MR) is 131 cm³/mol. The SMILES string of the molecule is COc1cccc(-c2nn(C)cc2-c2nnc(SCC(=O)N(C)c3cccc(C)c3)n2C)c1. The monoisotopic (exact) mass is 462 g/mol. The van der Waals surface area contributed by atoms with Crippen molar-refractivity contribution in [1.82, 2.24) is 24.5 Å². The molecule has 0 saturated carbocycles. The molecule has 8 nitrogen and oxygen atoms in total. The molecule has 0 atom stereocenters. The van der Waals surface area contributed by atoms with Crippen LogP contribution < -0.4 is 9.64 Å². The zero-order chi connectivity index (χ0) is 23.5. The quantitative estimate of drug-likeness (QED) is 0.387. The van der Waals surface area contributed by atoms with Gasteiger partial charge in [-0.3, -0.25) is 9.48 Å². The molecule has 4 rings (SSSR count). The molecule has 4 aromatic rings. The maximum absolute atomic E-state index is 12.7. The fraction of sp³-hybridized carbons (Fsp3) is 0.250. The molecular formula is C24H26N6O2S. The number of aromatic nitrogens is 5. The van der Waals surface area contributed by atoms with E-state index in [0.717, 1.165) is 33.8 Å². The lowest BCUT2D eigenvalue weighted by Crippen LogP contribution is -2.28. The lowest BCUT2D eigenvalue weighted by atomic mass is 10.1. The number of hydrogen-bond donors (Lipinski definition) is 0. The van der Waals surface area contributed by atoms with Crippen molar-refractivity contribution in [3.8, 4) is 28.4 Å². The van der Waals surface area contributed by atoms with E-state index in [9.17, 15) is 4.79 Å². The minimum Gasteiger partial charge on any atom is -0.497 e. The number of methoxy groups -OCH3 is 1. The smallest absolute Gasteiger partial charge is 0.237 e. The Hall–Kier alpha value is -3.59. The van der Waals surface area contributed by atoms with E-state index in [4.69, 9.17) is 4.74 Å². The van der Waals surface area contributed by atoms with E-state index < -0.39 is 0 Å². The summed E-state index contributed by atoms with van der Waals surface area (Å²) in [6.07, 6.45) is 1.92.